The van der Waals surface area contributed by atoms with Crippen LogP contribution in [-0.2, 0) is 14.3 Å². The van der Waals surface area contributed by atoms with Gasteiger partial charge in [-0.05, 0) is 67.8 Å². The van der Waals surface area contributed by atoms with Crippen molar-refractivity contribution in [2.75, 3.05) is 13.2 Å². The van der Waals surface area contributed by atoms with Gasteiger partial charge in [-0.25, -0.2) is 4.68 Å². The van der Waals surface area contributed by atoms with Crippen LogP contribution in [0.5, 0.6) is 0 Å². The summed E-state index contributed by atoms with van der Waals surface area (Å²) < 4.78 is 7.37. The number of benzene rings is 3. The van der Waals surface area contributed by atoms with Gasteiger partial charge in [0.1, 0.15) is 11.6 Å². The second-order valence-corrected chi connectivity index (χ2v) is 9.98. The molecule has 0 radical (unpaired) electrons. The lowest BCUT2D eigenvalue weighted by Gasteiger charge is -2.27. The summed E-state index contributed by atoms with van der Waals surface area (Å²) in [5.41, 5.74) is 3.80. The van der Waals surface area contributed by atoms with Crippen molar-refractivity contribution in [1.82, 2.24) is 14.7 Å². The Kier molecular flexibility index (Phi) is 7.72. The van der Waals surface area contributed by atoms with Crippen molar-refractivity contribution in [3.8, 4) is 23.0 Å². The second-order valence-electron chi connectivity index (χ2n) is 9.98. The van der Waals surface area contributed by atoms with Crippen molar-refractivity contribution in [1.29, 1.82) is 5.26 Å². The molecule has 1 aromatic heterocycles. The summed E-state index contributed by atoms with van der Waals surface area (Å²) in [6, 6.07) is 26.0. The molecular formula is C33H30N4O3. The molecule has 0 saturated heterocycles. The smallest absolute Gasteiger partial charge is 0.271 e. The zero-order valence-electron chi connectivity index (χ0n) is 22.8. The van der Waals surface area contributed by atoms with Crippen LogP contribution in [0.2, 0.25) is 0 Å². The molecule has 0 aliphatic carbocycles. The zero-order chi connectivity index (χ0) is 28.2. The first kappa shape index (κ1) is 26.8. The number of carbonyl (C=O) groups excluding carboxylic acids is 2. The van der Waals surface area contributed by atoms with Gasteiger partial charge in [0.2, 0.25) is 0 Å². The highest BCUT2D eigenvalue weighted by molar-refractivity contribution is 6.19. The van der Waals surface area contributed by atoms with Crippen LogP contribution in [0.4, 0.5) is 0 Å². The van der Waals surface area contributed by atoms with Crippen LogP contribution in [0, 0.1) is 11.3 Å². The molecule has 2 amide bonds. The van der Waals surface area contributed by atoms with E-state index in [1.54, 1.807) is 17.7 Å². The fraction of sp³-hybridized carbons (Fsp3) is 0.212. The lowest BCUT2D eigenvalue weighted by molar-refractivity contribution is -0.140. The van der Waals surface area contributed by atoms with E-state index < -0.39 is 11.8 Å². The molecule has 5 rings (SSSR count). The van der Waals surface area contributed by atoms with Crippen LogP contribution in [0.25, 0.3) is 33.8 Å². The van der Waals surface area contributed by atoms with E-state index in [0.29, 0.717) is 35.4 Å². The first-order valence-electron chi connectivity index (χ1n) is 13.3. The zero-order valence-corrected chi connectivity index (χ0v) is 22.8. The Morgan fingerprint density at radius 1 is 0.975 bits per heavy atom. The highest BCUT2D eigenvalue weighted by atomic mass is 16.5. The van der Waals surface area contributed by atoms with Crippen molar-refractivity contribution >= 4 is 28.7 Å². The number of imide groups is 1. The average Bonchev–Trinajstić information content (AvgIpc) is 3.39. The predicted molar refractivity (Wildman–Crippen MR) is 155 cm³/mol. The van der Waals surface area contributed by atoms with E-state index in [1.165, 1.54) is 0 Å². The SMILES string of the molecule is CC1=C(C#N)C(=O)N(CCCOC(C)C)C(=O)/C1=C/c1cn(-c2ccccc2)nc1-c1ccc2ccccc2c1. The molecule has 1 aliphatic heterocycles. The van der Waals surface area contributed by atoms with Gasteiger partial charge in [-0.2, -0.15) is 10.4 Å². The fourth-order valence-corrected chi connectivity index (χ4v) is 4.80. The maximum atomic E-state index is 13.7. The van der Waals surface area contributed by atoms with Gasteiger partial charge in [0, 0.05) is 36.0 Å². The van der Waals surface area contributed by atoms with Gasteiger partial charge < -0.3 is 4.74 Å². The first-order valence-corrected chi connectivity index (χ1v) is 13.3. The third-order valence-corrected chi connectivity index (χ3v) is 6.89. The highest BCUT2D eigenvalue weighted by Crippen LogP contribution is 2.32. The average molecular weight is 531 g/mol. The summed E-state index contributed by atoms with van der Waals surface area (Å²) in [6.07, 6.45) is 4.15. The standard InChI is InChI=1S/C33H30N4O3/c1-22(2)40-17-9-16-36-32(38)29(23(3)30(20-34)33(36)39)19-27-21-37(28-12-5-4-6-13-28)35-31(27)26-15-14-24-10-7-8-11-25(24)18-26/h4-8,10-15,18-19,21-22H,9,16-17H2,1-3H3/b29-19+. The second kappa shape index (κ2) is 11.5. The number of aromatic nitrogens is 2. The lowest BCUT2D eigenvalue weighted by atomic mass is 9.93. The summed E-state index contributed by atoms with van der Waals surface area (Å²) in [6.45, 7) is 6.09. The molecule has 0 fully saturated rings. The van der Waals surface area contributed by atoms with E-state index in [9.17, 15) is 14.9 Å². The largest absolute Gasteiger partial charge is 0.379 e. The number of ether oxygens (including phenoxy) is 1. The van der Waals surface area contributed by atoms with E-state index in [2.05, 4.69) is 12.1 Å². The lowest BCUT2D eigenvalue weighted by Crippen LogP contribution is -2.43. The summed E-state index contributed by atoms with van der Waals surface area (Å²) in [4.78, 5) is 27.9. The molecule has 0 saturated carbocycles. The van der Waals surface area contributed by atoms with Crippen LogP contribution in [0.3, 0.4) is 0 Å². The molecular weight excluding hydrogens is 500 g/mol. The molecule has 3 aromatic carbocycles. The number of nitriles is 1. The van der Waals surface area contributed by atoms with Crippen LogP contribution < -0.4 is 0 Å². The van der Waals surface area contributed by atoms with Crippen LogP contribution >= 0.6 is 0 Å². The minimum atomic E-state index is -0.568. The van der Waals surface area contributed by atoms with Gasteiger partial charge in [0.05, 0.1) is 17.5 Å². The van der Waals surface area contributed by atoms with Crippen LogP contribution in [0.15, 0.2) is 95.7 Å². The first-order chi connectivity index (χ1) is 19.4. The summed E-state index contributed by atoms with van der Waals surface area (Å²) in [7, 11) is 0. The quantitative estimate of drug-likeness (QED) is 0.156. The minimum absolute atomic E-state index is 0.0293. The van der Waals surface area contributed by atoms with Crippen molar-refractivity contribution in [3.05, 3.63) is 101 Å². The fourth-order valence-electron chi connectivity index (χ4n) is 4.80. The molecule has 0 N–H and O–H groups in total. The number of fused-ring (bicyclic) bond motifs is 1. The van der Waals surface area contributed by atoms with E-state index in [-0.39, 0.29) is 18.2 Å². The normalized spacial score (nSPS) is 15.0. The van der Waals surface area contributed by atoms with Gasteiger partial charge in [-0.15, -0.1) is 0 Å². The molecule has 0 atom stereocenters. The van der Waals surface area contributed by atoms with Gasteiger partial charge >= 0.3 is 0 Å². The van der Waals surface area contributed by atoms with E-state index >= 15 is 0 Å². The topological polar surface area (TPSA) is 88.2 Å². The Bertz CT molecular complexity index is 1690. The van der Waals surface area contributed by atoms with Gasteiger partial charge in [0.15, 0.2) is 0 Å². The molecule has 4 aromatic rings. The Morgan fingerprint density at radius 2 is 1.70 bits per heavy atom. The van der Waals surface area contributed by atoms with E-state index in [4.69, 9.17) is 9.84 Å². The third kappa shape index (κ3) is 5.35. The molecule has 200 valence electrons. The van der Waals surface area contributed by atoms with E-state index in [1.807, 2.05) is 86.8 Å². The Balaban J connectivity index is 1.61. The van der Waals surface area contributed by atoms with Gasteiger partial charge in [0.25, 0.3) is 11.8 Å². The summed E-state index contributed by atoms with van der Waals surface area (Å²) >= 11 is 0. The number of para-hydroxylation sites is 1. The number of amides is 2. The molecule has 0 spiro atoms. The summed E-state index contributed by atoms with van der Waals surface area (Å²) in [5, 5.41) is 16.9. The molecule has 1 aliphatic rings. The third-order valence-electron chi connectivity index (χ3n) is 6.89. The maximum Gasteiger partial charge on any atom is 0.271 e. The van der Waals surface area contributed by atoms with E-state index in [0.717, 1.165) is 26.9 Å². The molecule has 0 bridgehead atoms. The summed E-state index contributed by atoms with van der Waals surface area (Å²) in [5.74, 6) is -0.996. The van der Waals surface area contributed by atoms with Crippen molar-refractivity contribution in [2.24, 2.45) is 0 Å². The predicted octanol–water partition coefficient (Wildman–Crippen LogP) is 6.10. The van der Waals surface area contributed by atoms with Crippen molar-refractivity contribution in [3.63, 3.8) is 0 Å². The van der Waals surface area contributed by atoms with Crippen molar-refractivity contribution in [2.45, 2.75) is 33.3 Å². The molecule has 7 nitrogen and oxygen atoms in total. The molecule has 7 heteroatoms. The Hall–Kier alpha value is -4.80. The van der Waals surface area contributed by atoms with Gasteiger partial charge in [-0.1, -0.05) is 54.6 Å². The minimum Gasteiger partial charge on any atom is -0.379 e. The molecule has 2 heterocycles. The van der Waals surface area contributed by atoms with Crippen LogP contribution in [-0.4, -0.2) is 45.8 Å². The van der Waals surface area contributed by atoms with Crippen molar-refractivity contribution < 1.29 is 14.3 Å². The van der Waals surface area contributed by atoms with Gasteiger partial charge in [-0.3, -0.25) is 14.5 Å². The monoisotopic (exact) mass is 530 g/mol. The Morgan fingerprint density at radius 3 is 2.42 bits per heavy atom. The highest BCUT2D eigenvalue weighted by Gasteiger charge is 2.35. The number of carbonyl (C=O) groups is 2. The molecule has 0 unspecified atom stereocenters. The number of nitrogens with zero attached hydrogens (tertiary/aromatic N) is 4. The van der Waals surface area contributed by atoms with Crippen LogP contribution in [0.1, 0.15) is 32.8 Å². The number of hydrogen-bond acceptors (Lipinski definition) is 5. The maximum absolute atomic E-state index is 13.7. The number of rotatable bonds is 8. The Labute approximate surface area is 233 Å². The number of hydrogen-bond donors (Lipinski definition) is 0. The molecule has 40 heavy (non-hydrogen) atoms.